The van der Waals surface area contributed by atoms with E-state index in [1.807, 2.05) is 0 Å². The van der Waals surface area contributed by atoms with Gasteiger partial charge in [-0.3, -0.25) is 0 Å². The molecule has 130 valence electrons. The number of ether oxygens (including phenoxy) is 1. The lowest BCUT2D eigenvalue weighted by molar-refractivity contribution is -1.00. The van der Waals surface area contributed by atoms with Crippen LogP contribution in [0.25, 0.3) is 0 Å². The molecule has 0 radical (unpaired) electrons. The second kappa shape index (κ2) is 6.75. The zero-order chi connectivity index (χ0) is 17.3. The molecule has 3 N–H and O–H groups in total. The van der Waals surface area contributed by atoms with Crippen molar-refractivity contribution in [1.29, 1.82) is 0 Å². The first-order chi connectivity index (χ1) is 10.6. The predicted octanol–water partition coefficient (Wildman–Crippen LogP) is 1.16. The number of quaternary nitrogens is 1. The standard InChI is InChI=1S/C18H28FNO3/c1-17(2)9-13(21)10-18(3,4)20(17)11-14(22)12-23-16-8-6-5-7-15(16)19/h5-8,13-14,21-22H,9-12H2,1-4H3/p+1/t14-/m0/s1. The van der Waals surface area contributed by atoms with Gasteiger partial charge in [-0.2, -0.15) is 0 Å². The zero-order valence-electron chi connectivity index (χ0n) is 14.5. The van der Waals surface area contributed by atoms with Crippen molar-refractivity contribution >= 4 is 0 Å². The fourth-order valence-electron chi connectivity index (χ4n) is 4.01. The highest BCUT2D eigenvalue weighted by Gasteiger charge is 2.49. The SMILES string of the molecule is CC1(C)CC(O)CC(C)(C)[NH+]1C[C@H](O)COc1ccccc1F. The van der Waals surface area contributed by atoms with Crippen molar-refractivity contribution in [2.24, 2.45) is 0 Å². The van der Waals surface area contributed by atoms with Crippen molar-refractivity contribution in [2.45, 2.75) is 63.8 Å². The normalized spacial score (nSPS) is 27.4. The van der Waals surface area contributed by atoms with Crippen LogP contribution in [0.4, 0.5) is 4.39 Å². The number of para-hydroxylation sites is 1. The van der Waals surface area contributed by atoms with E-state index >= 15 is 0 Å². The zero-order valence-corrected chi connectivity index (χ0v) is 14.5. The summed E-state index contributed by atoms with van der Waals surface area (Å²) in [6.45, 7) is 8.99. The molecule has 1 atom stereocenters. The van der Waals surface area contributed by atoms with Gasteiger partial charge in [0.2, 0.25) is 0 Å². The molecular weight excluding hydrogens is 297 g/mol. The number of hydrogen-bond donors (Lipinski definition) is 3. The summed E-state index contributed by atoms with van der Waals surface area (Å²) in [6, 6.07) is 6.20. The molecule has 0 bridgehead atoms. The maximum Gasteiger partial charge on any atom is 0.165 e. The molecule has 0 amide bonds. The summed E-state index contributed by atoms with van der Waals surface area (Å²) in [5, 5.41) is 20.4. The van der Waals surface area contributed by atoms with E-state index in [9.17, 15) is 14.6 Å². The van der Waals surface area contributed by atoms with Crippen LogP contribution in [0.1, 0.15) is 40.5 Å². The molecule has 0 aliphatic carbocycles. The number of aliphatic hydroxyl groups is 2. The van der Waals surface area contributed by atoms with Crippen molar-refractivity contribution in [3.8, 4) is 5.75 Å². The van der Waals surface area contributed by atoms with Gasteiger partial charge in [0.1, 0.15) is 19.3 Å². The second-order valence-corrected chi connectivity index (χ2v) is 7.91. The van der Waals surface area contributed by atoms with Gasteiger partial charge in [-0.05, 0) is 39.8 Å². The number of aliphatic hydroxyl groups excluding tert-OH is 2. The Morgan fingerprint density at radius 3 is 2.35 bits per heavy atom. The van der Waals surface area contributed by atoms with Crippen LogP contribution in [0, 0.1) is 5.82 Å². The highest BCUT2D eigenvalue weighted by Crippen LogP contribution is 2.24. The summed E-state index contributed by atoms with van der Waals surface area (Å²) in [5.74, 6) is -0.261. The molecule has 5 heteroatoms. The third-order valence-electron chi connectivity index (χ3n) is 4.83. The molecule has 0 aromatic heterocycles. The Bertz CT molecular complexity index is 515. The van der Waals surface area contributed by atoms with E-state index in [1.165, 1.54) is 11.0 Å². The van der Waals surface area contributed by atoms with Crippen LogP contribution in [0.3, 0.4) is 0 Å². The number of halogens is 1. The average molecular weight is 326 g/mol. The molecule has 1 aromatic carbocycles. The van der Waals surface area contributed by atoms with Crippen molar-refractivity contribution < 1.29 is 24.2 Å². The number of likely N-dealkylation sites (tertiary alicyclic amines) is 1. The highest BCUT2D eigenvalue weighted by molar-refractivity contribution is 5.23. The molecule has 2 rings (SSSR count). The van der Waals surface area contributed by atoms with Gasteiger partial charge < -0.3 is 19.8 Å². The predicted molar refractivity (Wildman–Crippen MR) is 87.1 cm³/mol. The van der Waals surface area contributed by atoms with Gasteiger partial charge in [0, 0.05) is 12.8 Å². The highest BCUT2D eigenvalue weighted by atomic mass is 19.1. The average Bonchev–Trinajstić information content (AvgIpc) is 2.41. The topological polar surface area (TPSA) is 54.1 Å². The molecule has 1 aromatic rings. The summed E-state index contributed by atoms with van der Waals surface area (Å²) in [6.07, 6.45) is 0.396. The van der Waals surface area contributed by atoms with Gasteiger partial charge in [-0.15, -0.1) is 0 Å². The van der Waals surface area contributed by atoms with Crippen molar-refractivity contribution in [3.63, 3.8) is 0 Å². The maximum absolute atomic E-state index is 13.5. The van der Waals surface area contributed by atoms with Crippen LogP contribution in [0.15, 0.2) is 24.3 Å². The quantitative estimate of drug-likeness (QED) is 0.761. The summed E-state index contributed by atoms with van der Waals surface area (Å²) in [4.78, 5) is 1.24. The summed E-state index contributed by atoms with van der Waals surface area (Å²) < 4.78 is 19.0. The molecule has 0 unspecified atom stereocenters. The van der Waals surface area contributed by atoms with Gasteiger partial charge in [-0.1, -0.05) is 12.1 Å². The molecule has 1 aliphatic rings. The van der Waals surface area contributed by atoms with Crippen molar-refractivity contribution in [3.05, 3.63) is 30.1 Å². The van der Waals surface area contributed by atoms with Crippen LogP contribution in [0.2, 0.25) is 0 Å². The first-order valence-corrected chi connectivity index (χ1v) is 8.22. The van der Waals surface area contributed by atoms with Gasteiger partial charge >= 0.3 is 0 Å². The largest absolute Gasteiger partial charge is 0.488 e. The first-order valence-electron chi connectivity index (χ1n) is 8.22. The minimum Gasteiger partial charge on any atom is -0.488 e. The molecular formula is C18H29FNO3+. The van der Waals surface area contributed by atoms with E-state index < -0.39 is 11.9 Å². The van der Waals surface area contributed by atoms with E-state index in [4.69, 9.17) is 4.74 Å². The summed E-state index contributed by atoms with van der Waals surface area (Å²) >= 11 is 0. The number of rotatable bonds is 5. The molecule has 1 heterocycles. The third kappa shape index (κ3) is 4.43. The molecule has 0 saturated carbocycles. The molecule has 23 heavy (non-hydrogen) atoms. The number of nitrogens with one attached hydrogen (secondary N) is 1. The lowest BCUT2D eigenvalue weighted by Gasteiger charge is -2.51. The fraction of sp³-hybridized carbons (Fsp3) is 0.667. The van der Waals surface area contributed by atoms with E-state index in [0.29, 0.717) is 19.4 Å². The van der Waals surface area contributed by atoms with Gasteiger partial charge in [-0.25, -0.2) is 4.39 Å². The summed E-state index contributed by atoms with van der Waals surface area (Å²) in [7, 11) is 0. The van der Waals surface area contributed by atoms with Crippen molar-refractivity contribution in [1.82, 2.24) is 0 Å². The summed E-state index contributed by atoms with van der Waals surface area (Å²) in [5.41, 5.74) is -0.277. The Morgan fingerprint density at radius 1 is 1.22 bits per heavy atom. The first kappa shape index (κ1) is 18.2. The Balaban J connectivity index is 1.98. The van der Waals surface area contributed by atoms with Gasteiger partial charge in [0.05, 0.1) is 17.2 Å². The van der Waals surface area contributed by atoms with Gasteiger partial charge in [0.15, 0.2) is 11.6 Å². The molecule has 0 spiro atoms. The Kier molecular flexibility index (Phi) is 5.33. The number of piperidine rings is 1. The van der Waals surface area contributed by atoms with Crippen molar-refractivity contribution in [2.75, 3.05) is 13.2 Å². The number of hydrogen-bond acceptors (Lipinski definition) is 3. The smallest absolute Gasteiger partial charge is 0.165 e. The molecule has 1 saturated heterocycles. The maximum atomic E-state index is 13.5. The van der Waals surface area contributed by atoms with Crippen LogP contribution in [-0.2, 0) is 0 Å². The van der Waals surface area contributed by atoms with Crippen LogP contribution < -0.4 is 9.64 Å². The number of benzene rings is 1. The second-order valence-electron chi connectivity index (χ2n) is 7.91. The van der Waals surface area contributed by atoms with Crippen LogP contribution in [-0.4, -0.2) is 46.7 Å². The molecule has 4 nitrogen and oxygen atoms in total. The van der Waals surface area contributed by atoms with E-state index in [-0.39, 0.29) is 29.5 Å². The molecule has 1 fully saturated rings. The minimum atomic E-state index is -0.696. The minimum absolute atomic E-state index is 0.0547. The lowest BCUT2D eigenvalue weighted by Crippen LogP contribution is -3.27. The third-order valence-corrected chi connectivity index (χ3v) is 4.83. The monoisotopic (exact) mass is 326 g/mol. The van der Waals surface area contributed by atoms with Crippen LogP contribution in [0.5, 0.6) is 5.75 Å². The van der Waals surface area contributed by atoms with Crippen LogP contribution >= 0.6 is 0 Å². The van der Waals surface area contributed by atoms with E-state index in [0.717, 1.165) is 0 Å². The molecule has 1 aliphatic heterocycles. The lowest BCUT2D eigenvalue weighted by atomic mass is 9.78. The van der Waals surface area contributed by atoms with Gasteiger partial charge in [0.25, 0.3) is 0 Å². The Hall–Kier alpha value is -1.17. The van der Waals surface area contributed by atoms with E-state index in [1.54, 1.807) is 18.2 Å². The van der Waals surface area contributed by atoms with E-state index in [2.05, 4.69) is 27.7 Å². The fourth-order valence-corrected chi connectivity index (χ4v) is 4.01. The Labute approximate surface area is 137 Å². The Morgan fingerprint density at radius 2 is 1.78 bits per heavy atom.